The van der Waals surface area contributed by atoms with E-state index in [1.807, 2.05) is 0 Å². The number of carbonyl (C=O) groups is 1. The average Bonchev–Trinajstić information content (AvgIpc) is 2.75. The van der Waals surface area contributed by atoms with Crippen molar-refractivity contribution in [3.05, 3.63) is 18.0 Å². The molecule has 1 aliphatic heterocycles. The summed E-state index contributed by atoms with van der Waals surface area (Å²) in [5.74, 6) is -0.940. The average molecular weight is 182 g/mol. The molecule has 0 spiro atoms. The number of hydrogen-bond acceptors (Lipinski definition) is 3. The van der Waals surface area contributed by atoms with Gasteiger partial charge >= 0.3 is 5.97 Å². The van der Waals surface area contributed by atoms with Gasteiger partial charge in [-0.15, -0.1) is 0 Å². The van der Waals surface area contributed by atoms with Crippen LogP contribution in [0.4, 0.5) is 0 Å². The molecule has 2 rings (SSSR count). The van der Waals surface area contributed by atoms with E-state index in [0.29, 0.717) is 6.61 Å². The number of aromatic nitrogens is 2. The molecule has 0 saturated carbocycles. The lowest BCUT2D eigenvalue weighted by atomic mass is 10.3. The maximum Gasteiger partial charge on any atom is 0.338 e. The number of hydrogen-bond donors (Lipinski definition) is 1. The molecule has 5 heteroatoms. The summed E-state index contributed by atoms with van der Waals surface area (Å²) in [5, 5.41) is 12.6. The third kappa shape index (κ3) is 1.55. The van der Waals surface area contributed by atoms with Crippen LogP contribution in [0, 0.1) is 0 Å². The van der Waals surface area contributed by atoms with Crippen LogP contribution >= 0.6 is 0 Å². The van der Waals surface area contributed by atoms with Crippen molar-refractivity contribution in [1.82, 2.24) is 9.78 Å². The first kappa shape index (κ1) is 8.25. The van der Waals surface area contributed by atoms with E-state index in [0.717, 1.165) is 13.0 Å². The van der Waals surface area contributed by atoms with E-state index in [-0.39, 0.29) is 11.6 Å². The Morgan fingerprint density at radius 2 is 2.62 bits per heavy atom. The molecule has 2 heterocycles. The molecular weight excluding hydrogens is 172 g/mol. The number of carboxylic acid groups (broad SMARTS) is 1. The Balaban J connectivity index is 2.16. The van der Waals surface area contributed by atoms with Gasteiger partial charge in [-0.2, -0.15) is 5.10 Å². The van der Waals surface area contributed by atoms with Crippen molar-refractivity contribution < 1.29 is 14.6 Å². The van der Waals surface area contributed by atoms with E-state index in [1.165, 1.54) is 6.20 Å². The first-order chi connectivity index (χ1) is 6.27. The Morgan fingerprint density at radius 3 is 3.15 bits per heavy atom. The van der Waals surface area contributed by atoms with Gasteiger partial charge in [0.1, 0.15) is 0 Å². The third-order valence-corrected chi connectivity index (χ3v) is 2.13. The number of ether oxygens (including phenoxy) is 1. The largest absolute Gasteiger partial charge is 0.478 e. The highest BCUT2D eigenvalue weighted by Crippen LogP contribution is 2.17. The molecule has 0 amide bonds. The van der Waals surface area contributed by atoms with Gasteiger partial charge in [-0.25, -0.2) is 4.79 Å². The second-order valence-corrected chi connectivity index (χ2v) is 3.03. The van der Waals surface area contributed by atoms with E-state index in [2.05, 4.69) is 5.10 Å². The molecule has 1 N–H and O–H groups in total. The monoisotopic (exact) mass is 182 g/mol. The Hall–Kier alpha value is -1.36. The molecule has 1 unspecified atom stereocenters. The second-order valence-electron chi connectivity index (χ2n) is 3.03. The van der Waals surface area contributed by atoms with Crippen LogP contribution in [0.15, 0.2) is 12.4 Å². The predicted molar refractivity (Wildman–Crippen MR) is 43.7 cm³/mol. The SMILES string of the molecule is O=C(O)c1cnn(C2CCOC2)c1. The molecule has 0 aromatic carbocycles. The fourth-order valence-corrected chi connectivity index (χ4v) is 1.38. The van der Waals surface area contributed by atoms with E-state index in [4.69, 9.17) is 9.84 Å². The van der Waals surface area contributed by atoms with Crippen LogP contribution in [0.25, 0.3) is 0 Å². The molecule has 0 radical (unpaired) electrons. The molecule has 1 atom stereocenters. The van der Waals surface area contributed by atoms with Crippen LogP contribution in [0.1, 0.15) is 22.8 Å². The zero-order valence-electron chi connectivity index (χ0n) is 7.01. The van der Waals surface area contributed by atoms with Gasteiger partial charge in [0.2, 0.25) is 0 Å². The van der Waals surface area contributed by atoms with Gasteiger partial charge in [0.15, 0.2) is 0 Å². The van der Waals surface area contributed by atoms with Crippen LogP contribution in [0.2, 0.25) is 0 Å². The molecule has 0 bridgehead atoms. The Labute approximate surface area is 74.9 Å². The van der Waals surface area contributed by atoms with E-state index in [9.17, 15) is 4.79 Å². The summed E-state index contributed by atoms with van der Waals surface area (Å²) in [5.41, 5.74) is 0.229. The van der Waals surface area contributed by atoms with Gasteiger partial charge < -0.3 is 9.84 Å². The van der Waals surface area contributed by atoms with Crippen LogP contribution < -0.4 is 0 Å². The molecule has 1 aromatic heterocycles. The maximum atomic E-state index is 10.5. The summed E-state index contributed by atoms with van der Waals surface area (Å²) >= 11 is 0. The summed E-state index contributed by atoms with van der Waals surface area (Å²) < 4.78 is 6.84. The summed E-state index contributed by atoms with van der Waals surface area (Å²) in [7, 11) is 0. The van der Waals surface area contributed by atoms with E-state index in [1.54, 1.807) is 10.9 Å². The van der Waals surface area contributed by atoms with E-state index < -0.39 is 5.97 Å². The Morgan fingerprint density at radius 1 is 1.77 bits per heavy atom. The fourth-order valence-electron chi connectivity index (χ4n) is 1.38. The van der Waals surface area contributed by atoms with Gasteiger partial charge in [-0.05, 0) is 6.42 Å². The van der Waals surface area contributed by atoms with Gasteiger partial charge in [-0.1, -0.05) is 0 Å². The van der Waals surface area contributed by atoms with Gasteiger partial charge in [-0.3, -0.25) is 4.68 Å². The van der Waals surface area contributed by atoms with E-state index >= 15 is 0 Å². The molecule has 1 aliphatic rings. The first-order valence-electron chi connectivity index (χ1n) is 4.12. The molecule has 0 aliphatic carbocycles. The Bertz CT molecular complexity index is 315. The fraction of sp³-hybridized carbons (Fsp3) is 0.500. The lowest BCUT2D eigenvalue weighted by molar-refractivity contribution is 0.0696. The number of nitrogens with zero attached hydrogens (tertiary/aromatic N) is 2. The van der Waals surface area contributed by atoms with Crippen molar-refractivity contribution in [2.75, 3.05) is 13.2 Å². The zero-order chi connectivity index (χ0) is 9.26. The highest BCUT2D eigenvalue weighted by atomic mass is 16.5. The predicted octanol–water partition coefficient (Wildman–Crippen LogP) is 0.543. The molecule has 1 aromatic rings. The van der Waals surface area contributed by atoms with Crippen molar-refractivity contribution in [1.29, 1.82) is 0 Å². The quantitative estimate of drug-likeness (QED) is 0.725. The maximum absolute atomic E-state index is 10.5. The lowest BCUT2D eigenvalue weighted by Crippen LogP contribution is -2.08. The summed E-state index contributed by atoms with van der Waals surface area (Å²) in [6.45, 7) is 1.35. The standard InChI is InChI=1S/C8H10N2O3/c11-8(12)6-3-9-10(4-6)7-1-2-13-5-7/h3-4,7H,1-2,5H2,(H,11,12). The summed E-state index contributed by atoms with van der Waals surface area (Å²) in [6.07, 6.45) is 3.81. The molecule has 70 valence electrons. The molecular formula is C8H10N2O3. The minimum Gasteiger partial charge on any atom is -0.478 e. The number of aromatic carboxylic acids is 1. The topological polar surface area (TPSA) is 64.3 Å². The van der Waals surface area contributed by atoms with Crippen molar-refractivity contribution >= 4 is 5.97 Å². The smallest absolute Gasteiger partial charge is 0.338 e. The zero-order valence-corrected chi connectivity index (χ0v) is 7.01. The molecule has 1 saturated heterocycles. The molecule has 1 fully saturated rings. The highest BCUT2D eigenvalue weighted by molar-refractivity contribution is 5.86. The van der Waals surface area contributed by atoms with Crippen LogP contribution in [-0.2, 0) is 4.74 Å². The lowest BCUT2D eigenvalue weighted by Gasteiger charge is -2.06. The van der Waals surface area contributed by atoms with Gasteiger partial charge in [0, 0.05) is 12.8 Å². The number of rotatable bonds is 2. The van der Waals surface area contributed by atoms with Crippen molar-refractivity contribution in [3.8, 4) is 0 Å². The minimum absolute atomic E-state index is 0.202. The van der Waals surface area contributed by atoms with Crippen molar-refractivity contribution in [2.45, 2.75) is 12.5 Å². The summed E-state index contributed by atoms with van der Waals surface area (Å²) in [4.78, 5) is 10.5. The second kappa shape index (κ2) is 3.18. The Kier molecular flexibility index (Phi) is 2.02. The molecule has 5 nitrogen and oxygen atoms in total. The first-order valence-corrected chi connectivity index (χ1v) is 4.12. The van der Waals surface area contributed by atoms with Crippen LogP contribution in [0.5, 0.6) is 0 Å². The normalized spacial score (nSPS) is 22.0. The minimum atomic E-state index is -0.940. The molecule has 13 heavy (non-hydrogen) atoms. The van der Waals surface area contributed by atoms with Gasteiger partial charge in [0.05, 0.1) is 24.4 Å². The van der Waals surface area contributed by atoms with Crippen LogP contribution in [0.3, 0.4) is 0 Å². The van der Waals surface area contributed by atoms with Gasteiger partial charge in [0.25, 0.3) is 0 Å². The van der Waals surface area contributed by atoms with Crippen molar-refractivity contribution in [3.63, 3.8) is 0 Å². The van der Waals surface area contributed by atoms with Crippen molar-refractivity contribution in [2.24, 2.45) is 0 Å². The third-order valence-electron chi connectivity index (χ3n) is 2.13. The van der Waals surface area contributed by atoms with Crippen LogP contribution in [-0.4, -0.2) is 34.1 Å². The number of carboxylic acids is 1. The highest BCUT2D eigenvalue weighted by Gasteiger charge is 2.19. The summed E-state index contributed by atoms with van der Waals surface area (Å²) in [6, 6.07) is 0.202.